The molecule has 4 N–H and O–H groups in total. The average molecular weight is 1060 g/mol. The van der Waals surface area contributed by atoms with Crippen molar-refractivity contribution in [3.05, 3.63) is 128 Å². The number of amides is 2. The maximum Gasteiger partial charge on any atom is 0.274 e. The van der Waals surface area contributed by atoms with Crippen LogP contribution in [0.3, 0.4) is 0 Å². The molecule has 392 valence electrons. The van der Waals surface area contributed by atoms with E-state index in [0.29, 0.717) is 112 Å². The van der Waals surface area contributed by atoms with Crippen LogP contribution in [0, 0.1) is 5.82 Å². The third-order valence-electron chi connectivity index (χ3n) is 13.2. The van der Waals surface area contributed by atoms with E-state index in [0.717, 1.165) is 36.0 Å². The van der Waals surface area contributed by atoms with Crippen LogP contribution in [0.15, 0.2) is 110 Å². The molecule has 0 saturated heterocycles. The van der Waals surface area contributed by atoms with Crippen LogP contribution in [0.4, 0.5) is 15.8 Å². The Hall–Kier alpha value is -6.93. The maximum absolute atomic E-state index is 15.9. The molecule has 75 heavy (non-hydrogen) atoms. The number of carbonyl (C=O) groups is 2. The Morgan fingerprint density at radius 3 is 1.73 bits per heavy atom. The highest BCUT2D eigenvalue weighted by Crippen LogP contribution is 2.36. The van der Waals surface area contributed by atoms with E-state index >= 15 is 4.39 Å². The van der Waals surface area contributed by atoms with E-state index in [4.69, 9.17) is 11.5 Å². The number of carbonyl (C=O) groups excluding carboxylic acids is 2. The van der Waals surface area contributed by atoms with Gasteiger partial charge in [0, 0.05) is 72.1 Å². The largest absolute Gasteiger partial charge is 0.617 e. The van der Waals surface area contributed by atoms with Crippen LogP contribution in [0.5, 0.6) is 0 Å². The van der Waals surface area contributed by atoms with E-state index < -0.39 is 28.2 Å². The number of rotatable bonds is 21. The maximum atomic E-state index is 15.9. The van der Waals surface area contributed by atoms with E-state index in [-0.39, 0.29) is 66.0 Å². The second-order valence-electron chi connectivity index (χ2n) is 18.9. The van der Waals surface area contributed by atoms with E-state index in [1.807, 2.05) is 62.1 Å². The minimum absolute atomic E-state index is 0.107. The van der Waals surface area contributed by atoms with Crippen molar-refractivity contribution in [1.82, 2.24) is 29.4 Å². The minimum Gasteiger partial charge on any atom is -0.617 e. The molecule has 4 aromatic carbocycles. The molecule has 2 aromatic heterocycles. The van der Waals surface area contributed by atoms with Gasteiger partial charge in [-0.1, -0.05) is 67.4 Å². The van der Waals surface area contributed by atoms with Crippen LogP contribution >= 0.6 is 0 Å². The van der Waals surface area contributed by atoms with Gasteiger partial charge in [-0.05, 0) is 109 Å². The first-order chi connectivity index (χ1) is 36.1. The first kappa shape index (κ1) is 54.3. The van der Waals surface area contributed by atoms with Gasteiger partial charge >= 0.3 is 0 Å². The molecular weight excluding hydrogens is 992 g/mol. The monoisotopic (exact) mass is 1050 g/mol. The molecule has 19 heteroatoms. The van der Waals surface area contributed by atoms with Gasteiger partial charge in [0.05, 0.1) is 53.9 Å². The number of halogens is 1. The smallest absolute Gasteiger partial charge is 0.274 e. The molecule has 2 aliphatic rings. The van der Waals surface area contributed by atoms with Crippen LogP contribution in [0.1, 0.15) is 76.8 Å². The van der Waals surface area contributed by atoms with Crippen molar-refractivity contribution in [2.24, 2.45) is 21.5 Å². The summed E-state index contributed by atoms with van der Waals surface area (Å²) in [5, 5.41) is 10.8. The molecule has 2 amide bonds. The van der Waals surface area contributed by atoms with Gasteiger partial charge in [0.2, 0.25) is 11.8 Å². The van der Waals surface area contributed by atoms with Crippen molar-refractivity contribution in [3.8, 4) is 22.3 Å². The van der Waals surface area contributed by atoms with Crippen molar-refractivity contribution in [2.45, 2.75) is 78.8 Å². The lowest BCUT2D eigenvalue weighted by Gasteiger charge is -2.23. The fourth-order valence-electron chi connectivity index (χ4n) is 9.43. The Morgan fingerprint density at radius 1 is 0.640 bits per heavy atom. The molecule has 2 unspecified atom stereocenters. The van der Waals surface area contributed by atoms with E-state index in [9.17, 15) is 28.3 Å². The number of hydrogen-bond donors (Lipinski definition) is 2. The van der Waals surface area contributed by atoms with Gasteiger partial charge in [0.25, 0.3) is 11.1 Å². The lowest BCUT2D eigenvalue weighted by atomic mass is 9.98. The summed E-state index contributed by atoms with van der Waals surface area (Å²) < 4.78 is 43.3. The molecule has 2 aliphatic heterocycles. The number of nitrogens with zero attached hydrogens (tertiary/aromatic N) is 8. The van der Waals surface area contributed by atoms with Gasteiger partial charge in [-0.2, -0.15) is 10.2 Å². The number of nitrogens with two attached hydrogens (primary N) is 2. The van der Waals surface area contributed by atoms with Crippen LogP contribution in [0.25, 0.3) is 56.0 Å². The van der Waals surface area contributed by atoms with Gasteiger partial charge < -0.3 is 30.4 Å². The molecule has 4 heterocycles. The standard InChI is InChI=1S/C56H63FN10O6S2/c1-5-16-64(17-6-2)54(69)42-28-47-48(57)29-40(31-50(47)63-52(59)33-42)37-13-15-46-44(26-37)35-61-67(56(46)71)21-24-75(73)22-9-8-19-65(18-7-3)53(68)41-27-39-11-10-38(30-49(39)62-51(58)32-41)36-12-14-45-43(25-36)34-60-66(55(45)70)20-23-74(4)72/h10-15,25-31,34-35H,5-9,16-24,32-33H2,1-4H3,(H2,58,62)(H2,59,63). The molecule has 0 bridgehead atoms. The molecule has 0 radical (unpaired) electrons. The summed E-state index contributed by atoms with van der Waals surface area (Å²) in [5.41, 5.74) is 17.8. The van der Waals surface area contributed by atoms with Gasteiger partial charge in [0.1, 0.15) is 34.7 Å². The number of hydrogen-bond acceptors (Lipinski definition) is 12. The number of aliphatic imine (C=N–C) groups is 2. The van der Waals surface area contributed by atoms with Crippen molar-refractivity contribution >= 4 is 90.9 Å². The Kier molecular flexibility index (Phi) is 17.8. The van der Waals surface area contributed by atoms with Crippen LogP contribution in [-0.4, -0.2) is 112 Å². The normalized spacial score (nSPS) is 14.2. The number of amidine groups is 2. The van der Waals surface area contributed by atoms with Gasteiger partial charge in [-0.25, -0.2) is 23.7 Å². The molecule has 0 fully saturated rings. The van der Waals surface area contributed by atoms with E-state index in [1.54, 1.807) is 60.0 Å². The summed E-state index contributed by atoms with van der Waals surface area (Å²) in [6.45, 7) is 8.63. The topological polar surface area (TPSA) is 233 Å². The molecular formula is C56H63FN10O6S2. The Balaban J connectivity index is 0.864. The second kappa shape index (κ2) is 24.6. The Labute approximate surface area is 441 Å². The van der Waals surface area contributed by atoms with E-state index in [2.05, 4.69) is 20.2 Å². The zero-order chi connectivity index (χ0) is 53.3. The summed E-state index contributed by atoms with van der Waals surface area (Å²) in [6.07, 6.45) is 12.1. The summed E-state index contributed by atoms with van der Waals surface area (Å²) in [4.78, 5) is 66.9. The number of aryl methyl sites for hydroxylation is 2. The van der Waals surface area contributed by atoms with Gasteiger partial charge in [0.15, 0.2) is 0 Å². The van der Waals surface area contributed by atoms with Gasteiger partial charge in [-0.15, -0.1) is 0 Å². The lowest BCUT2D eigenvalue weighted by molar-refractivity contribution is -0.128. The molecule has 0 saturated carbocycles. The molecule has 2 atom stereocenters. The molecule has 8 rings (SSSR count). The summed E-state index contributed by atoms with van der Waals surface area (Å²) in [7, 11) is 0. The third kappa shape index (κ3) is 13.0. The average Bonchev–Trinajstić information content (AvgIpc) is 3.68. The highest BCUT2D eigenvalue weighted by molar-refractivity contribution is 7.91. The molecule has 16 nitrogen and oxygen atoms in total. The molecule has 0 spiro atoms. The van der Waals surface area contributed by atoms with Crippen molar-refractivity contribution < 1.29 is 23.1 Å². The number of aromatic nitrogens is 4. The first-order valence-corrected chi connectivity index (χ1v) is 28.6. The summed E-state index contributed by atoms with van der Waals surface area (Å²) in [5.74, 6) is 0.611. The first-order valence-electron chi connectivity index (χ1n) is 25.4. The summed E-state index contributed by atoms with van der Waals surface area (Å²) in [6, 6.07) is 19.6. The Morgan fingerprint density at radius 2 is 1.15 bits per heavy atom. The van der Waals surface area contributed by atoms with Crippen LogP contribution < -0.4 is 22.6 Å². The van der Waals surface area contributed by atoms with Crippen LogP contribution in [-0.2, 0) is 45.0 Å². The SMILES string of the molecule is CCCN(CCCC[S+]([O-])CCn1ncc2cc(-c3cc(F)c4c(c3)N=C(N)CC(C(=O)N(CCC)CCC)=C4)ccc2c1=O)C(=O)C1=Cc2ccc(-c3ccc4c(=O)n(CC[S+](C)[O-])ncc4c3)cc2N=C(N)C1. The van der Waals surface area contributed by atoms with Gasteiger partial charge in [-0.3, -0.25) is 19.2 Å². The zero-order valence-electron chi connectivity index (χ0n) is 42.9. The highest BCUT2D eigenvalue weighted by Gasteiger charge is 2.25. The number of unbranched alkanes of at least 4 members (excludes halogenated alkanes) is 1. The van der Waals surface area contributed by atoms with E-state index in [1.165, 1.54) is 15.4 Å². The quantitative estimate of drug-likeness (QED) is 0.0528. The third-order valence-corrected chi connectivity index (χ3v) is 15.3. The number of benzene rings is 4. The fraction of sp³-hybridized carbons (Fsp3) is 0.357. The lowest BCUT2D eigenvalue weighted by Crippen LogP contribution is -2.35. The fourth-order valence-corrected chi connectivity index (χ4v) is 11.0. The number of fused-ring (bicyclic) bond motifs is 4. The molecule has 6 aromatic rings. The zero-order valence-corrected chi connectivity index (χ0v) is 44.5. The minimum atomic E-state index is -1.26. The van der Waals surface area contributed by atoms with Crippen molar-refractivity contribution in [2.75, 3.05) is 49.7 Å². The van der Waals surface area contributed by atoms with Crippen molar-refractivity contribution in [3.63, 3.8) is 0 Å². The van der Waals surface area contributed by atoms with Crippen LogP contribution in [0.2, 0.25) is 0 Å². The second-order valence-corrected chi connectivity index (χ2v) is 22.2. The Bertz CT molecular complexity index is 3380. The highest BCUT2D eigenvalue weighted by atomic mass is 32.2. The predicted molar refractivity (Wildman–Crippen MR) is 301 cm³/mol. The summed E-state index contributed by atoms with van der Waals surface area (Å²) >= 11 is -2.30. The van der Waals surface area contributed by atoms with Crippen molar-refractivity contribution in [1.29, 1.82) is 0 Å². The molecule has 0 aliphatic carbocycles. The predicted octanol–water partition coefficient (Wildman–Crippen LogP) is 7.63.